The largest absolute Gasteiger partial charge is 0.463 e. The minimum absolute atomic E-state index is 0.0177. The van der Waals surface area contributed by atoms with Crippen LogP contribution in [0, 0.1) is 11.8 Å². The van der Waals surface area contributed by atoms with Crippen LogP contribution < -0.4 is 5.73 Å². The lowest BCUT2D eigenvalue weighted by atomic mass is 9.62. The van der Waals surface area contributed by atoms with Crippen molar-refractivity contribution in [3.63, 3.8) is 0 Å². The summed E-state index contributed by atoms with van der Waals surface area (Å²) in [5.74, 6) is -0.402. The smallest absolute Gasteiger partial charge is 0.302 e. The van der Waals surface area contributed by atoms with E-state index in [4.69, 9.17) is 10.5 Å². The SMILES string of the molecule is CC(=O)OC[C@@]1(O)[C@@H](CC(C)(C)[Si](C)(C)O)C[C@@H](c2ccncc2N)C[C@H]1C. The Balaban J connectivity index is 2.38. The van der Waals surface area contributed by atoms with Gasteiger partial charge in [-0.15, -0.1) is 0 Å². The number of nitrogen functional groups attached to an aromatic ring is 1. The highest BCUT2D eigenvalue weighted by Gasteiger charge is 2.52. The van der Waals surface area contributed by atoms with Gasteiger partial charge in [0.05, 0.1) is 11.9 Å². The third kappa shape index (κ3) is 4.75. The summed E-state index contributed by atoms with van der Waals surface area (Å²) in [5, 5.41) is 11.3. The summed E-state index contributed by atoms with van der Waals surface area (Å²) in [6, 6.07) is 1.95. The molecule has 4 atom stereocenters. The van der Waals surface area contributed by atoms with Crippen molar-refractivity contribution in [1.82, 2.24) is 4.98 Å². The zero-order valence-corrected chi connectivity index (χ0v) is 19.0. The van der Waals surface area contributed by atoms with Crippen LogP contribution in [0.3, 0.4) is 0 Å². The minimum Gasteiger partial charge on any atom is -0.463 e. The fourth-order valence-corrected chi connectivity index (χ4v) is 5.07. The Morgan fingerprint density at radius 1 is 1.43 bits per heavy atom. The molecule has 1 aromatic rings. The van der Waals surface area contributed by atoms with Gasteiger partial charge in [0.1, 0.15) is 12.2 Å². The van der Waals surface area contributed by atoms with E-state index < -0.39 is 19.9 Å². The summed E-state index contributed by atoms with van der Waals surface area (Å²) in [6.07, 6.45) is 5.56. The lowest BCUT2D eigenvalue weighted by molar-refractivity contribution is -0.167. The second-order valence-electron chi connectivity index (χ2n) is 9.69. The summed E-state index contributed by atoms with van der Waals surface area (Å²) >= 11 is 0. The fraction of sp³-hybridized carbons (Fsp3) is 0.714. The third-order valence-electron chi connectivity index (χ3n) is 7.01. The van der Waals surface area contributed by atoms with Crippen LogP contribution in [0.1, 0.15) is 58.4 Å². The van der Waals surface area contributed by atoms with Crippen molar-refractivity contribution < 1.29 is 19.4 Å². The first kappa shape index (κ1) is 22.8. The van der Waals surface area contributed by atoms with E-state index in [0.717, 1.165) is 18.4 Å². The van der Waals surface area contributed by atoms with Crippen molar-refractivity contribution in [2.45, 2.75) is 76.6 Å². The number of anilines is 1. The molecule has 1 heterocycles. The van der Waals surface area contributed by atoms with Crippen molar-refractivity contribution in [1.29, 1.82) is 0 Å². The molecule has 0 unspecified atom stereocenters. The van der Waals surface area contributed by atoms with Crippen LogP contribution in [-0.4, -0.2) is 41.4 Å². The lowest BCUT2D eigenvalue weighted by Crippen LogP contribution is -2.54. The van der Waals surface area contributed by atoms with E-state index in [2.05, 4.69) is 18.8 Å². The molecule has 28 heavy (non-hydrogen) atoms. The van der Waals surface area contributed by atoms with Crippen LogP contribution in [0.5, 0.6) is 0 Å². The predicted octanol–water partition coefficient (Wildman–Crippen LogP) is 3.46. The van der Waals surface area contributed by atoms with Crippen LogP contribution in [0.15, 0.2) is 18.5 Å². The molecule has 0 aliphatic heterocycles. The maximum Gasteiger partial charge on any atom is 0.302 e. The molecule has 2 rings (SSSR count). The van der Waals surface area contributed by atoms with Crippen molar-refractivity contribution in [2.75, 3.05) is 12.3 Å². The number of rotatable bonds is 6. The van der Waals surface area contributed by atoms with Gasteiger partial charge in [-0.25, -0.2) is 0 Å². The number of aliphatic hydroxyl groups is 1. The first-order valence-electron chi connectivity index (χ1n) is 10.1. The fourth-order valence-electron chi connectivity index (χ4n) is 4.32. The topological polar surface area (TPSA) is 106 Å². The van der Waals surface area contributed by atoms with Gasteiger partial charge in [-0.3, -0.25) is 9.78 Å². The highest BCUT2D eigenvalue weighted by atomic mass is 28.4. The van der Waals surface area contributed by atoms with Crippen molar-refractivity contribution in [2.24, 2.45) is 11.8 Å². The predicted molar refractivity (Wildman–Crippen MR) is 113 cm³/mol. The van der Waals surface area contributed by atoms with Gasteiger partial charge >= 0.3 is 5.97 Å². The highest BCUT2D eigenvalue weighted by Crippen LogP contribution is 2.53. The van der Waals surface area contributed by atoms with Gasteiger partial charge in [0.25, 0.3) is 0 Å². The van der Waals surface area contributed by atoms with E-state index >= 15 is 0 Å². The Morgan fingerprint density at radius 2 is 2.07 bits per heavy atom. The van der Waals surface area contributed by atoms with E-state index in [-0.39, 0.29) is 29.4 Å². The summed E-state index contributed by atoms with van der Waals surface area (Å²) in [4.78, 5) is 26.3. The Morgan fingerprint density at radius 3 is 2.61 bits per heavy atom. The molecule has 0 aromatic carbocycles. The molecule has 0 bridgehead atoms. The number of pyridine rings is 1. The van der Waals surface area contributed by atoms with E-state index in [1.807, 2.05) is 26.1 Å². The van der Waals surface area contributed by atoms with Crippen LogP contribution in [0.4, 0.5) is 5.69 Å². The number of nitrogens with zero attached hydrogens (tertiary/aromatic N) is 1. The van der Waals surface area contributed by atoms with Crippen molar-refractivity contribution in [3.05, 3.63) is 24.0 Å². The van der Waals surface area contributed by atoms with E-state index in [0.29, 0.717) is 12.1 Å². The maximum atomic E-state index is 11.6. The molecular formula is C21H36N2O4Si. The molecule has 0 amide bonds. The van der Waals surface area contributed by atoms with E-state index in [1.54, 1.807) is 12.4 Å². The van der Waals surface area contributed by atoms with Crippen molar-refractivity contribution in [3.8, 4) is 0 Å². The summed E-state index contributed by atoms with van der Waals surface area (Å²) in [6.45, 7) is 11.4. The van der Waals surface area contributed by atoms with Crippen LogP contribution >= 0.6 is 0 Å². The van der Waals surface area contributed by atoms with Gasteiger partial charge in [-0.1, -0.05) is 20.8 Å². The third-order valence-corrected chi connectivity index (χ3v) is 10.5. The Kier molecular flexibility index (Phi) is 6.63. The number of carbonyl (C=O) groups excluding carboxylic acids is 1. The van der Waals surface area contributed by atoms with Crippen LogP contribution in [0.2, 0.25) is 18.1 Å². The molecule has 0 radical (unpaired) electrons. The summed E-state index contributed by atoms with van der Waals surface area (Å²) in [7, 11) is -2.46. The van der Waals surface area contributed by atoms with E-state index in [9.17, 15) is 14.7 Å². The second kappa shape index (κ2) is 8.12. The number of nitrogens with two attached hydrogens (primary N) is 1. The molecule has 1 fully saturated rings. The Labute approximate surface area is 169 Å². The quantitative estimate of drug-likeness (QED) is 0.492. The molecule has 1 saturated carbocycles. The Bertz CT molecular complexity index is 704. The van der Waals surface area contributed by atoms with Gasteiger partial charge < -0.3 is 20.4 Å². The van der Waals surface area contributed by atoms with Gasteiger partial charge in [-0.2, -0.15) is 0 Å². The average Bonchev–Trinajstić information content (AvgIpc) is 2.56. The monoisotopic (exact) mass is 408 g/mol. The van der Waals surface area contributed by atoms with Crippen molar-refractivity contribution >= 4 is 20.0 Å². The van der Waals surface area contributed by atoms with Gasteiger partial charge in [0, 0.05) is 13.1 Å². The van der Waals surface area contributed by atoms with Gasteiger partial charge in [0.15, 0.2) is 8.32 Å². The number of ether oxygens (including phenoxy) is 1. The second-order valence-corrected chi connectivity index (χ2v) is 14.2. The molecule has 1 aromatic heterocycles. The molecule has 1 aliphatic rings. The average molecular weight is 409 g/mol. The minimum atomic E-state index is -2.46. The zero-order chi connectivity index (χ0) is 21.3. The van der Waals surface area contributed by atoms with Crippen LogP contribution in [-0.2, 0) is 9.53 Å². The summed E-state index contributed by atoms with van der Waals surface area (Å²) in [5.41, 5.74) is 6.78. The molecule has 7 heteroatoms. The number of hydrogen-bond acceptors (Lipinski definition) is 6. The number of aromatic nitrogens is 1. The molecule has 1 aliphatic carbocycles. The standard InChI is InChI=1S/C21H36N2O4Si/c1-14-9-16(18-7-8-23-12-19(18)22)10-17(11-20(3,4)28(5,6)26)21(14,25)13-27-15(2)24/h7-8,12,14,16-17,25-26H,9-11,13,22H2,1-6H3/t14-,16+,17-,21+/m1/s1. The highest BCUT2D eigenvalue weighted by molar-refractivity contribution is 6.72. The maximum absolute atomic E-state index is 11.6. The zero-order valence-electron chi connectivity index (χ0n) is 18.0. The van der Waals surface area contributed by atoms with Gasteiger partial charge in [0.2, 0.25) is 0 Å². The molecular weight excluding hydrogens is 372 g/mol. The molecule has 4 N–H and O–H groups in total. The van der Waals surface area contributed by atoms with Gasteiger partial charge in [-0.05, 0) is 66.8 Å². The molecule has 158 valence electrons. The first-order valence-corrected chi connectivity index (χ1v) is 13.0. The number of hydrogen-bond donors (Lipinski definition) is 3. The van der Waals surface area contributed by atoms with E-state index in [1.165, 1.54) is 6.92 Å². The molecule has 0 saturated heterocycles. The lowest BCUT2D eigenvalue weighted by Gasteiger charge is -2.50. The molecule has 0 spiro atoms. The first-order chi connectivity index (χ1) is 12.8. The summed E-state index contributed by atoms with van der Waals surface area (Å²) < 4.78 is 5.28. The Hall–Kier alpha value is -1.44. The normalized spacial score (nSPS) is 28.8. The number of carbonyl (C=O) groups is 1. The molecule has 6 nitrogen and oxygen atoms in total. The number of esters is 1. The van der Waals surface area contributed by atoms with Crippen LogP contribution in [0.25, 0.3) is 0 Å².